The summed E-state index contributed by atoms with van der Waals surface area (Å²) >= 11 is 0. The van der Waals surface area contributed by atoms with Crippen molar-refractivity contribution in [2.24, 2.45) is 0 Å². The third-order valence-electron chi connectivity index (χ3n) is 4.18. The van der Waals surface area contributed by atoms with Gasteiger partial charge in [-0.05, 0) is 48.4 Å². The highest BCUT2D eigenvalue weighted by Gasteiger charge is 2.19. The van der Waals surface area contributed by atoms with Gasteiger partial charge in [0.1, 0.15) is 6.54 Å². The molecule has 0 radical (unpaired) electrons. The lowest BCUT2D eigenvalue weighted by molar-refractivity contribution is -0.130. The highest BCUT2D eigenvalue weighted by atomic mass is 16.5. The Balaban J connectivity index is 2.01. The molecule has 0 unspecified atom stereocenters. The molecule has 0 saturated heterocycles. The van der Waals surface area contributed by atoms with E-state index in [4.69, 9.17) is 0 Å². The molecule has 0 atom stereocenters. The topological polar surface area (TPSA) is 79.8 Å². The van der Waals surface area contributed by atoms with Crippen LogP contribution in [0.3, 0.4) is 0 Å². The average molecular weight is 369 g/mol. The second-order valence-corrected chi connectivity index (χ2v) is 6.06. The average Bonchev–Trinajstić information content (AvgIpc) is 2.70. The molecule has 0 fully saturated rings. The largest absolute Gasteiger partial charge is 0.465 e. The van der Waals surface area contributed by atoms with Gasteiger partial charge in [-0.1, -0.05) is 0 Å². The van der Waals surface area contributed by atoms with E-state index in [1.54, 1.807) is 48.6 Å². The number of hydrogen-bond acceptors (Lipinski definition) is 5. The minimum absolute atomic E-state index is 0.0697. The van der Waals surface area contributed by atoms with Gasteiger partial charge in [0.2, 0.25) is 11.8 Å². The monoisotopic (exact) mass is 369 g/mol. The second kappa shape index (κ2) is 9.47. The molecule has 0 aliphatic rings. The predicted molar refractivity (Wildman–Crippen MR) is 101 cm³/mol. The van der Waals surface area contributed by atoms with Crippen molar-refractivity contribution in [2.45, 2.75) is 13.3 Å². The van der Waals surface area contributed by atoms with Crippen molar-refractivity contribution in [3.8, 4) is 0 Å². The fraction of sp³-hybridized carbons (Fsp3) is 0.300. The normalized spacial score (nSPS) is 10.2. The van der Waals surface area contributed by atoms with Gasteiger partial charge in [0, 0.05) is 38.6 Å². The lowest BCUT2D eigenvalue weighted by Gasteiger charge is -2.24. The van der Waals surface area contributed by atoms with Crippen molar-refractivity contribution < 1.29 is 19.1 Å². The summed E-state index contributed by atoms with van der Waals surface area (Å²) in [6.07, 6.45) is 4.14. The van der Waals surface area contributed by atoms with Gasteiger partial charge in [0.15, 0.2) is 0 Å². The number of methoxy groups -OCH3 is 1. The first kappa shape index (κ1) is 20.1. The molecule has 7 nitrogen and oxygen atoms in total. The van der Waals surface area contributed by atoms with Crippen LogP contribution in [0.25, 0.3) is 0 Å². The molecule has 2 amide bonds. The number of aromatic nitrogens is 1. The number of likely N-dealkylation sites (N-methyl/N-ethyl adjacent to an activating group) is 1. The summed E-state index contributed by atoms with van der Waals surface area (Å²) in [5.41, 5.74) is 2.02. The molecule has 0 spiro atoms. The molecule has 0 saturated carbocycles. The first-order chi connectivity index (χ1) is 12.9. The number of hydrogen-bond donors (Lipinski definition) is 0. The first-order valence-electron chi connectivity index (χ1n) is 8.51. The van der Waals surface area contributed by atoms with Crippen LogP contribution in [-0.2, 0) is 20.7 Å². The standard InChI is InChI=1S/C20H23N3O4/c1-15(24)23(18-6-4-17(5-7-18)20(26)27-3)14-19(25)22(2)13-10-16-8-11-21-12-9-16/h4-9,11-12H,10,13-14H2,1-3H3. The summed E-state index contributed by atoms with van der Waals surface area (Å²) in [5, 5.41) is 0. The molecule has 27 heavy (non-hydrogen) atoms. The molecule has 7 heteroatoms. The minimum atomic E-state index is -0.456. The molecule has 0 bridgehead atoms. The smallest absolute Gasteiger partial charge is 0.337 e. The fourth-order valence-electron chi connectivity index (χ4n) is 2.51. The number of rotatable bonds is 7. The fourth-order valence-corrected chi connectivity index (χ4v) is 2.51. The highest BCUT2D eigenvalue weighted by molar-refractivity contribution is 5.98. The molecule has 0 aliphatic carbocycles. The zero-order valence-corrected chi connectivity index (χ0v) is 15.7. The zero-order chi connectivity index (χ0) is 19.8. The van der Waals surface area contributed by atoms with Crippen molar-refractivity contribution in [3.63, 3.8) is 0 Å². The molecule has 2 rings (SSSR count). The van der Waals surface area contributed by atoms with Crippen LogP contribution in [0.1, 0.15) is 22.8 Å². The van der Waals surface area contributed by atoms with E-state index in [-0.39, 0.29) is 18.4 Å². The van der Waals surface area contributed by atoms with Crippen LogP contribution < -0.4 is 4.90 Å². The Bertz CT molecular complexity index is 791. The number of carbonyl (C=O) groups excluding carboxylic acids is 3. The summed E-state index contributed by atoms with van der Waals surface area (Å²) in [5.74, 6) is -0.879. The molecule has 0 N–H and O–H groups in total. The molecule has 1 aromatic carbocycles. The summed E-state index contributed by atoms with van der Waals surface area (Å²) < 4.78 is 4.66. The molecular weight excluding hydrogens is 346 g/mol. The van der Waals surface area contributed by atoms with Gasteiger partial charge in [-0.25, -0.2) is 4.79 Å². The van der Waals surface area contributed by atoms with Gasteiger partial charge in [0.05, 0.1) is 12.7 Å². The third-order valence-corrected chi connectivity index (χ3v) is 4.18. The summed E-state index contributed by atoms with van der Waals surface area (Å²) in [7, 11) is 3.01. The van der Waals surface area contributed by atoms with Crippen molar-refractivity contribution in [2.75, 3.05) is 32.1 Å². The van der Waals surface area contributed by atoms with Crippen LogP contribution in [-0.4, -0.2) is 54.9 Å². The number of nitrogens with zero attached hydrogens (tertiary/aromatic N) is 3. The van der Waals surface area contributed by atoms with Crippen molar-refractivity contribution in [3.05, 3.63) is 59.9 Å². The quantitative estimate of drug-likeness (QED) is 0.697. The molecule has 1 heterocycles. The van der Waals surface area contributed by atoms with Crippen molar-refractivity contribution in [1.82, 2.24) is 9.88 Å². The summed E-state index contributed by atoms with van der Waals surface area (Å²) in [4.78, 5) is 43.0. The van der Waals surface area contributed by atoms with Crippen LogP contribution >= 0.6 is 0 Å². The number of carbonyl (C=O) groups is 3. The second-order valence-electron chi connectivity index (χ2n) is 6.06. The number of anilines is 1. The predicted octanol–water partition coefficient (Wildman–Crippen LogP) is 1.92. The maximum Gasteiger partial charge on any atom is 0.337 e. The Kier molecular flexibility index (Phi) is 7.05. The van der Waals surface area contributed by atoms with E-state index in [2.05, 4.69) is 9.72 Å². The van der Waals surface area contributed by atoms with Crippen LogP contribution in [0.2, 0.25) is 0 Å². The number of ether oxygens (including phenoxy) is 1. The minimum Gasteiger partial charge on any atom is -0.465 e. The van der Waals surface area contributed by atoms with Crippen LogP contribution in [0.4, 0.5) is 5.69 Å². The Morgan fingerprint density at radius 1 is 1.04 bits per heavy atom. The van der Waals surface area contributed by atoms with E-state index < -0.39 is 5.97 Å². The van der Waals surface area contributed by atoms with Gasteiger partial charge >= 0.3 is 5.97 Å². The molecule has 1 aromatic heterocycles. The Hall–Kier alpha value is -3.22. The van der Waals surface area contributed by atoms with E-state index in [1.807, 2.05) is 12.1 Å². The van der Waals surface area contributed by atoms with Crippen LogP contribution in [0.15, 0.2) is 48.8 Å². The number of esters is 1. The van der Waals surface area contributed by atoms with E-state index in [9.17, 15) is 14.4 Å². The third kappa shape index (κ3) is 5.64. The van der Waals surface area contributed by atoms with Gasteiger partial charge in [-0.3, -0.25) is 14.6 Å². The summed E-state index contributed by atoms with van der Waals surface area (Å²) in [6, 6.07) is 10.2. The Morgan fingerprint density at radius 2 is 1.67 bits per heavy atom. The van der Waals surface area contributed by atoms with Crippen LogP contribution in [0, 0.1) is 0 Å². The Morgan fingerprint density at radius 3 is 2.22 bits per heavy atom. The molecular formula is C20H23N3O4. The first-order valence-corrected chi connectivity index (χ1v) is 8.51. The number of amides is 2. The van der Waals surface area contributed by atoms with E-state index in [0.29, 0.717) is 24.2 Å². The SMILES string of the molecule is COC(=O)c1ccc(N(CC(=O)N(C)CCc2ccncc2)C(C)=O)cc1. The zero-order valence-electron chi connectivity index (χ0n) is 15.7. The van der Waals surface area contributed by atoms with Crippen molar-refractivity contribution in [1.29, 1.82) is 0 Å². The van der Waals surface area contributed by atoms with Crippen LogP contribution in [0.5, 0.6) is 0 Å². The molecule has 142 valence electrons. The number of benzene rings is 1. The number of pyridine rings is 1. The Labute approximate surface area is 158 Å². The van der Waals surface area contributed by atoms with Gasteiger partial charge in [-0.15, -0.1) is 0 Å². The molecule has 2 aromatic rings. The molecule has 0 aliphatic heterocycles. The lowest BCUT2D eigenvalue weighted by atomic mass is 10.2. The highest BCUT2D eigenvalue weighted by Crippen LogP contribution is 2.16. The van der Waals surface area contributed by atoms with E-state index in [0.717, 1.165) is 5.56 Å². The maximum atomic E-state index is 12.5. The summed E-state index contributed by atoms with van der Waals surface area (Å²) in [6.45, 7) is 1.87. The lowest BCUT2D eigenvalue weighted by Crippen LogP contribution is -2.41. The van der Waals surface area contributed by atoms with Gasteiger partial charge in [0.25, 0.3) is 0 Å². The van der Waals surface area contributed by atoms with Crippen molar-refractivity contribution >= 4 is 23.5 Å². The maximum absolute atomic E-state index is 12.5. The van der Waals surface area contributed by atoms with E-state index >= 15 is 0 Å². The van der Waals surface area contributed by atoms with Gasteiger partial charge < -0.3 is 14.5 Å². The van der Waals surface area contributed by atoms with Gasteiger partial charge in [-0.2, -0.15) is 0 Å². The van der Waals surface area contributed by atoms with E-state index in [1.165, 1.54) is 18.9 Å².